The number of ether oxygens (including phenoxy) is 1. The van der Waals surface area contributed by atoms with Crippen LogP contribution in [0.4, 0.5) is 4.79 Å². The number of amides is 2. The molecular formula is C20H32N2O2. The molecule has 1 aliphatic heterocycles. The maximum atomic E-state index is 12.1. The van der Waals surface area contributed by atoms with E-state index in [-0.39, 0.29) is 11.4 Å². The van der Waals surface area contributed by atoms with E-state index in [1.54, 1.807) is 0 Å². The quantitative estimate of drug-likeness (QED) is 0.815. The summed E-state index contributed by atoms with van der Waals surface area (Å²) < 4.78 is 5.76. The first-order valence-corrected chi connectivity index (χ1v) is 9.23. The lowest BCUT2D eigenvalue weighted by molar-refractivity contribution is 0.198. The van der Waals surface area contributed by atoms with Gasteiger partial charge < -0.3 is 15.0 Å². The lowest BCUT2D eigenvalue weighted by Crippen LogP contribution is -2.41. The van der Waals surface area contributed by atoms with Crippen LogP contribution in [0.2, 0.25) is 0 Å². The molecule has 0 radical (unpaired) electrons. The summed E-state index contributed by atoms with van der Waals surface area (Å²) in [5.74, 6) is 0.891. The predicted octanol–water partition coefficient (Wildman–Crippen LogP) is 4.34. The van der Waals surface area contributed by atoms with Gasteiger partial charge in [-0.2, -0.15) is 0 Å². The van der Waals surface area contributed by atoms with Crippen molar-refractivity contribution in [2.24, 2.45) is 0 Å². The van der Waals surface area contributed by atoms with E-state index in [2.05, 4.69) is 38.2 Å². The van der Waals surface area contributed by atoms with Crippen molar-refractivity contribution in [3.63, 3.8) is 0 Å². The van der Waals surface area contributed by atoms with E-state index in [1.807, 2.05) is 17.0 Å². The highest BCUT2D eigenvalue weighted by atomic mass is 16.5. The molecule has 0 bridgehead atoms. The van der Waals surface area contributed by atoms with Crippen LogP contribution in [0.5, 0.6) is 5.75 Å². The van der Waals surface area contributed by atoms with Gasteiger partial charge in [-0.25, -0.2) is 4.79 Å². The van der Waals surface area contributed by atoms with Crippen molar-refractivity contribution in [1.29, 1.82) is 0 Å². The summed E-state index contributed by atoms with van der Waals surface area (Å²) in [6.07, 6.45) is 5.56. The fourth-order valence-electron chi connectivity index (χ4n) is 2.89. The monoisotopic (exact) mass is 332 g/mol. The van der Waals surface area contributed by atoms with Gasteiger partial charge in [0, 0.05) is 19.6 Å². The molecule has 2 amide bonds. The van der Waals surface area contributed by atoms with Gasteiger partial charge in [0.1, 0.15) is 5.75 Å². The second-order valence-corrected chi connectivity index (χ2v) is 7.61. The van der Waals surface area contributed by atoms with Gasteiger partial charge in [-0.05, 0) is 42.4 Å². The third-order valence-electron chi connectivity index (χ3n) is 4.48. The number of urea groups is 1. The van der Waals surface area contributed by atoms with Crippen LogP contribution in [-0.2, 0) is 5.41 Å². The molecule has 0 saturated carbocycles. The molecule has 4 nitrogen and oxygen atoms in total. The van der Waals surface area contributed by atoms with Crippen molar-refractivity contribution in [2.75, 3.05) is 26.2 Å². The number of nitrogens with zero attached hydrogens (tertiary/aromatic N) is 1. The number of rotatable bonds is 5. The number of hydrogen-bond acceptors (Lipinski definition) is 2. The van der Waals surface area contributed by atoms with E-state index in [9.17, 15) is 4.79 Å². The first-order valence-electron chi connectivity index (χ1n) is 9.23. The maximum absolute atomic E-state index is 12.1. The minimum atomic E-state index is 0.0754. The van der Waals surface area contributed by atoms with E-state index in [4.69, 9.17) is 4.74 Å². The van der Waals surface area contributed by atoms with E-state index in [0.717, 1.165) is 38.1 Å². The summed E-state index contributed by atoms with van der Waals surface area (Å²) in [7, 11) is 0. The Labute approximate surface area is 146 Å². The molecule has 0 unspecified atom stereocenters. The molecule has 1 N–H and O–H groups in total. The third-order valence-corrected chi connectivity index (χ3v) is 4.48. The number of carbonyl (C=O) groups excluding carboxylic acids is 1. The van der Waals surface area contributed by atoms with Gasteiger partial charge in [-0.15, -0.1) is 0 Å². The van der Waals surface area contributed by atoms with E-state index < -0.39 is 0 Å². The number of nitrogens with one attached hydrogen (secondary N) is 1. The van der Waals surface area contributed by atoms with Gasteiger partial charge in [-0.1, -0.05) is 45.7 Å². The molecule has 2 rings (SSSR count). The standard InChI is InChI=1S/C20H32N2O2/c1-20(2,3)17-9-11-18(12-10-17)24-16-8-13-21-19(23)22-14-6-4-5-7-15-22/h9-12H,4-8,13-16H2,1-3H3,(H,21,23). The molecule has 134 valence electrons. The summed E-state index contributed by atoms with van der Waals surface area (Å²) in [5, 5.41) is 3.00. The fourth-order valence-corrected chi connectivity index (χ4v) is 2.89. The van der Waals surface area contributed by atoms with Crippen molar-refractivity contribution in [3.8, 4) is 5.75 Å². The molecule has 1 saturated heterocycles. The maximum Gasteiger partial charge on any atom is 0.317 e. The van der Waals surface area contributed by atoms with Crippen molar-refractivity contribution in [1.82, 2.24) is 10.2 Å². The first kappa shape index (κ1) is 18.6. The predicted molar refractivity (Wildman–Crippen MR) is 98.7 cm³/mol. The number of carbonyl (C=O) groups is 1. The van der Waals surface area contributed by atoms with Gasteiger partial charge in [0.05, 0.1) is 6.61 Å². The van der Waals surface area contributed by atoms with Gasteiger partial charge in [0.25, 0.3) is 0 Å². The Bertz CT molecular complexity index is 497. The SMILES string of the molecule is CC(C)(C)c1ccc(OCCCNC(=O)N2CCCCCC2)cc1. The van der Waals surface area contributed by atoms with Crippen LogP contribution in [0, 0.1) is 0 Å². The summed E-state index contributed by atoms with van der Waals surface area (Å²) in [6, 6.07) is 8.37. The lowest BCUT2D eigenvalue weighted by atomic mass is 9.87. The smallest absolute Gasteiger partial charge is 0.317 e. The fraction of sp³-hybridized carbons (Fsp3) is 0.650. The van der Waals surface area contributed by atoms with Crippen molar-refractivity contribution in [3.05, 3.63) is 29.8 Å². The van der Waals surface area contributed by atoms with Crippen LogP contribution in [0.25, 0.3) is 0 Å². The summed E-state index contributed by atoms with van der Waals surface area (Å²) in [4.78, 5) is 14.0. The Hall–Kier alpha value is -1.71. The number of likely N-dealkylation sites (tertiary alicyclic amines) is 1. The van der Waals surface area contributed by atoms with Gasteiger partial charge >= 0.3 is 6.03 Å². The van der Waals surface area contributed by atoms with Gasteiger partial charge in [-0.3, -0.25) is 0 Å². The Morgan fingerprint density at radius 1 is 1.08 bits per heavy atom. The van der Waals surface area contributed by atoms with Gasteiger partial charge in [0.2, 0.25) is 0 Å². The zero-order valence-electron chi connectivity index (χ0n) is 15.4. The minimum Gasteiger partial charge on any atom is -0.494 e. The zero-order valence-corrected chi connectivity index (χ0v) is 15.4. The molecule has 1 aliphatic rings. The number of benzene rings is 1. The van der Waals surface area contributed by atoms with Crippen molar-refractivity contribution in [2.45, 2.75) is 58.3 Å². The Morgan fingerprint density at radius 3 is 2.29 bits per heavy atom. The molecule has 0 aromatic heterocycles. The third kappa shape index (κ3) is 6.06. The average Bonchev–Trinajstić information content (AvgIpc) is 2.83. The normalized spacial score (nSPS) is 15.7. The first-order chi connectivity index (χ1) is 11.5. The topological polar surface area (TPSA) is 41.6 Å². The van der Waals surface area contributed by atoms with Crippen LogP contribution in [0.15, 0.2) is 24.3 Å². The zero-order chi connectivity index (χ0) is 17.4. The van der Waals surface area contributed by atoms with Crippen LogP contribution in [0.3, 0.4) is 0 Å². The average molecular weight is 332 g/mol. The lowest BCUT2D eigenvalue weighted by Gasteiger charge is -2.21. The van der Waals surface area contributed by atoms with Crippen molar-refractivity contribution >= 4 is 6.03 Å². The molecular weight excluding hydrogens is 300 g/mol. The highest BCUT2D eigenvalue weighted by molar-refractivity contribution is 5.74. The van der Waals surface area contributed by atoms with Crippen LogP contribution < -0.4 is 10.1 Å². The summed E-state index contributed by atoms with van der Waals surface area (Å²) in [6.45, 7) is 9.68. The second kappa shape index (κ2) is 8.95. The molecule has 4 heteroatoms. The van der Waals surface area contributed by atoms with Crippen LogP contribution in [-0.4, -0.2) is 37.2 Å². The molecule has 0 spiro atoms. The Kier molecular flexibility index (Phi) is 6.95. The summed E-state index contributed by atoms with van der Waals surface area (Å²) >= 11 is 0. The van der Waals surface area contributed by atoms with Gasteiger partial charge in [0.15, 0.2) is 0 Å². The van der Waals surface area contributed by atoms with E-state index >= 15 is 0 Å². The van der Waals surface area contributed by atoms with Crippen LogP contribution in [0.1, 0.15) is 58.4 Å². The van der Waals surface area contributed by atoms with Crippen LogP contribution >= 0.6 is 0 Å². The highest BCUT2D eigenvalue weighted by Gasteiger charge is 2.15. The molecule has 1 aromatic rings. The highest BCUT2D eigenvalue weighted by Crippen LogP contribution is 2.24. The largest absolute Gasteiger partial charge is 0.494 e. The second-order valence-electron chi connectivity index (χ2n) is 7.61. The minimum absolute atomic E-state index is 0.0754. The Balaban J connectivity index is 1.63. The molecule has 0 aliphatic carbocycles. The Morgan fingerprint density at radius 2 is 1.71 bits per heavy atom. The van der Waals surface area contributed by atoms with E-state index in [1.165, 1.54) is 18.4 Å². The van der Waals surface area contributed by atoms with E-state index in [0.29, 0.717) is 13.2 Å². The molecule has 1 fully saturated rings. The molecule has 0 atom stereocenters. The molecule has 1 aromatic carbocycles. The number of hydrogen-bond donors (Lipinski definition) is 1. The van der Waals surface area contributed by atoms with Crippen molar-refractivity contribution < 1.29 is 9.53 Å². The molecule has 24 heavy (non-hydrogen) atoms. The summed E-state index contributed by atoms with van der Waals surface area (Å²) in [5.41, 5.74) is 1.47. The molecule has 1 heterocycles.